The topological polar surface area (TPSA) is 20.3 Å². The molecule has 2 heteroatoms. The Bertz CT molecular complexity index is 662. The van der Waals surface area contributed by atoms with E-state index in [1.807, 2.05) is 21.0 Å². The van der Waals surface area contributed by atoms with E-state index in [-0.39, 0.29) is 0 Å². The summed E-state index contributed by atoms with van der Waals surface area (Å²) in [5, 5.41) is 0. The molecule has 2 nitrogen and oxygen atoms in total. The first-order valence-electron chi connectivity index (χ1n) is 7.46. The normalized spacial score (nSPS) is 18.5. The molecule has 1 aliphatic carbocycles. The van der Waals surface area contributed by atoms with Crippen LogP contribution in [0.2, 0.25) is 0 Å². The Hall–Kier alpha value is -1.83. The van der Waals surface area contributed by atoms with Gasteiger partial charge in [0.2, 0.25) is 0 Å². The lowest BCUT2D eigenvalue weighted by Gasteiger charge is -2.21. The van der Waals surface area contributed by atoms with Crippen molar-refractivity contribution in [1.82, 2.24) is 0 Å². The van der Waals surface area contributed by atoms with Gasteiger partial charge in [0, 0.05) is 31.3 Å². The third kappa shape index (κ3) is 2.33. The quantitative estimate of drug-likeness (QED) is 0.754. The van der Waals surface area contributed by atoms with Crippen molar-refractivity contribution in [3.63, 3.8) is 0 Å². The molecule has 0 saturated heterocycles. The molecule has 0 fully saturated rings. The van der Waals surface area contributed by atoms with E-state index < -0.39 is 0 Å². The molecule has 0 spiro atoms. The fourth-order valence-electron chi connectivity index (χ4n) is 3.39. The average molecular weight is 283 g/mol. The Balaban J connectivity index is 2.68. The standard InChI is InChI=1S/C19H25NO/c1-11-12(2)14(4)19(13(11)3)16-8-9-18(20(6)7)15(5)17(16)10-21/h8-10,13H,1-7H3. The van der Waals surface area contributed by atoms with Crippen molar-refractivity contribution in [3.05, 3.63) is 45.5 Å². The Morgan fingerprint density at radius 1 is 1.05 bits per heavy atom. The van der Waals surface area contributed by atoms with Crippen LogP contribution in [0.1, 0.15) is 49.2 Å². The number of nitrogens with zero attached hydrogens (tertiary/aromatic N) is 1. The van der Waals surface area contributed by atoms with Gasteiger partial charge < -0.3 is 4.90 Å². The predicted octanol–water partition coefficient (Wildman–Crippen LogP) is 4.63. The van der Waals surface area contributed by atoms with Crippen LogP contribution >= 0.6 is 0 Å². The molecular weight excluding hydrogens is 258 g/mol. The highest BCUT2D eigenvalue weighted by Crippen LogP contribution is 2.44. The predicted molar refractivity (Wildman–Crippen MR) is 91.0 cm³/mol. The summed E-state index contributed by atoms with van der Waals surface area (Å²) in [6, 6.07) is 4.22. The van der Waals surface area contributed by atoms with E-state index in [1.165, 1.54) is 22.3 Å². The summed E-state index contributed by atoms with van der Waals surface area (Å²) in [5.41, 5.74) is 9.48. The Labute approximate surface area is 128 Å². The molecule has 0 heterocycles. The Morgan fingerprint density at radius 2 is 1.67 bits per heavy atom. The second-order valence-electron chi connectivity index (χ2n) is 6.25. The molecule has 1 aromatic carbocycles. The van der Waals surface area contributed by atoms with Crippen molar-refractivity contribution < 1.29 is 4.79 Å². The molecule has 0 aliphatic heterocycles. The first kappa shape index (κ1) is 15.6. The highest BCUT2D eigenvalue weighted by atomic mass is 16.1. The van der Waals surface area contributed by atoms with Crippen molar-refractivity contribution in [3.8, 4) is 0 Å². The van der Waals surface area contributed by atoms with Gasteiger partial charge in [0.1, 0.15) is 0 Å². The number of anilines is 1. The highest BCUT2D eigenvalue weighted by molar-refractivity contribution is 5.93. The van der Waals surface area contributed by atoms with Gasteiger partial charge in [0.05, 0.1) is 0 Å². The second kappa shape index (κ2) is 5.51. The van der Waals surface area contributed by atoms with Crippen LogP contribution < -0.4 is 4.90 Å². The molecule has 1 unspecified atom stereocenters. The smallest absolute Gasteiger partial charge is 0.151 e. The van der Waals surface area contributed by atoms with Gasteiger partial charge in [-0.3, -0.25) is 4.79 Å². The fourth-order valence-corrected chi connectivity index (χ4v) is 3.39. The maximum atomic E-state index is 11.7. The van der Waals surface area contributed by atoms with E-state index in [4.69, 9.17) is 0 Å². The number of rotatable bonds is 3. The van der Waals surface area contributed by atoms with Crippen LogP contribution in [0.5, 0.6) is 0 Å². The summed E-state index contributed by atoms with van der Waals surface area (Å²) in [5.74, 6) is 0.383. The van der Waals surface area contributed by atoms with E-state index in [2.05, 4.69) is 44.7 Å². The zero-order valence-corrected chi connectivity index (χ0v) is 14.2. The van der Waals surface area contributed by atoms with Crippen molar-refractivity contribution >= 4 is 17.5 Å². The molecule has 2 rings (SSSR count). The van der Waals surface area contributed by atoms with Crippen LogP contribution in [-0.2, 0) is 0 Å². The van der Waals surface area contributed by atoms with Crippen LogP contribution in [0.25, 0.3) is 5.57 Å². The van der Waals surface area contributed by atoms with Crippen molar-refractivity contribution in [2.24, 2.45) is 5.92 Å². The summed E-state index contributed by atoms with van der Waals surface area (Å²) in [4.78, 5) is 13.8. The van der Waals surface area contributed by atoms with Gasteiger partial charge in [-0.1, -0.05) is 18.6 Å². The van der Waals surface area contributed by atoms with Gasteiger partial charge in [-0.15, -0.1) is 0 Å². The molecule has 1 aliphatic rings. The highest BCUT2D eigenvalue weighted by Gasteiger charge is 2.27. The van der Waals surface area contributed by atoms with E-state index in [0.29, 0.717) is 5.92 Å². The van der Waals surface area contributed by atoms with Crippen LogP contribution in [0.3, 0.4) is 0 Å². The monoisotopic (exact) mass is 283 g/mol. The second-order valence-corrected chi connectivity index (χ2v) is 6.25. The zero-order valence-electron chi connectivity index (χ0n) is 14.2. The minimum atomic E-state index is 0.383. The first-order valence-corrected chi connectivity index (χ1v) is 7.46. The lowest BCUT2D eigenvalue weighted by molar-refractivity contribution is 0.112. The Morgan fingerprint density at radius 3 is 2.10 bits per heavy atom. The summed E-state index contributed by atoms with van der Waals surface area (Å²) < 4.78 is 0. The molecule has 1 aromatic rings. The van der Waals surface area contributed by atoms with Crippen LogP contribution in [0.4, 0.5) is 5.69 Å². The molecule has 112 valence electrons. The lowest BCUT2D eigenvalue weighted by Crippen LogP contribution is -2.12. The minimum Gasteiger partial charge on any atom is -0.377 e. The van der Waals surface area contributed by atoms with E-state index in [0.717, 1.165) is 28.7 Å². The van der Waals surface area contributed by atoms with Crippen LogP contribution in [0.15, 0.2) is 28.9 Å². The third-order valence-corrected chi connectivity index (χ3v) is 5.02. The fraction of sp³-hybridized carbons (Fsp3) is 0.421. The van der Waals surface area contributed by atoms with Gasteiger partial charge in [0.25, 0.3) is 0 Å². The molecule has 0 radical (unpaired) electrons. The number of aldehydes is 1. The number of allylic oxidation sites excluding steroid dienone is 4. The molecule has 0 amide bonds. The number of carbonyl (C=O) groups is 1. The molecule has 0 N–H and O–H groups in total. The van der Waals surface area contributed by atoms with E-state index in [1.54, 1.807) is 0 Å². The molecule has 21 heavy (non-hydrogen) atoms. The first-order chi connectivity index (χ1) is 9.81. The summed E-state index contributed by atoms with van der Waals surface area (Å²) in [7, 11) is 4.02. The Kier molecular flexibility index (Phi) is 4.08. The summed E-state index contributed by atoms with van der Waals surface area (Å²) >= 11 is 0. The van der Waals surface area contributed by atoms with Crippen LogP contribution in [0, 0.1) is 12.8 Å². The van der Waals surface area contributed by atoms with Gasteiger partial charge in [0.15, 0.2) is 6.29 Å². The van der Waals surface area contributed by atoms with Crippen LogP contribution in [-0.4, -0.2) is 20.4 Å². The van der Waals surface area contributed by atoms with E-state index in [9.17, 15) is 4.79 Å². The molecule has 1 atom stereocenters. The minimum absolute atomic E-state index is 0.383. The molecular formula is C19H25NO. The molecule has 0 saturated carbocycles. The summed E-state index contributed by atoms with van der Waals surface area (Å²) in [6.45, 7) is 10.8. The lowest BCUT2D eigenvalue weighted by atomic mass is 9.87. The SMILES string of the molecule is CC1=C(C)C(C)C(c2ccc(N(C)C)c(C)c2C=O)=C1C. The molecule has 0 aromatic heterocycles. The van der Waals surface area contributed by atoms with Gasteiger partial charge in [-0.2, -0.15) is 0 Å². The van der Waals surface area contributed by atoms with Crippen molar-refractivity contribution in [2.45, 2.75) is 34.6 Å². The zero-order chi connectivity index (χ0) is 15.9. The maximum Gasteiger partial charge on any atom is 0.151 e. The summed E-state index contributed by atoms with van der Waals surface area (Å²) in [6.07, 6.45) is 1.01. The van der Waals surface area contributed by atoms with E-state index >= 15 is 0 Å². The third-order valence-electron chi connectivity index (χ3n) is 5.02. The largest absolute Gasteiger partial charge is 0.377 e. The van der Waals surface area contributed by atoms with Gasteiger partial charge in [-0.25, -0.2) is 0 Å². The number of hydrogen-bond donors (Lipinski definition) is 0. The maximum absolute atomic E-state index is 11.7. The van der Waals surface area contributed by atoms with Gasteiger partial charge in [-0.05, 0) is 61.6 Å². The van der Waals surface area contributed by atoms with Crippen molar-refractivity contribution in [1.29, 1.82) is 0 Å². The van der Waals surface area contributed by atoms with Gasteiger partial charge >= 0.3 is 0 Å². The number of carbonyl (C=O) groups excluding carboxylic acids is 1. The molecule has 0 bridgehead atoms. The van der Waals surface area contributed by atoms with Crippen molar-refractivity contribution in [2.75, 3.05) is 19.0 Å². The number of benzene rings is 1. The number of hydrogen-bond acceptors (Lipinski definition) is 2. The average Bonchev–Trinajstić information content (AvgIpc) is 2.62.